The van der Waals surface area contributed by atoms with E-state index >= 15 is 0 Å². The molecule has 0 aliphatic heterocycles. The van der Waals surface area contributed by atoms with Crippen molar-refractivity contribution in [2.24, 2.45) is 5.73 Å². The number of furan rings is 1. The molecule has 1 aromatic carbocycles. The Kier molecular flexibility index (Phi) is 4.39. The van der Waals surface area contributed by atoms with Crippen LogP contribution >= 0.6 is 0 Å². The van der Waals surface area contributed by atoms with Crippen molar-refractivity contribution in [3.05, 3.63) is 48.4 Å². The molecule has 0 aliphatic rings. The summed E-state index contributed by atoms with van der Waals surface area (Å²) in [6.07, 6.45) is 2.44. The van der Waals surface area contributed by atoms with Gasteiger partial charge >= 0.3 is 6.03 Å². The number of benzene rings is 1. The van der Waals surface area contributed by atoms with Gasteiger partial charge in [-0.15, -0.1) is 0 Å². The van der Waals surface area contributed by atoms with E-state index in [4.69, 9.17) is 10.2 Å². The van der Waals surface area contributed by atoms with Crippen LogP contribution in [0.3, 0.4) is 0 Å². The zero-order valence-corrected chi connectivity index (χ0v) is 10.8. The summed E-state index contributed by atoms with van der Waals surface area (Å²) >= 11 is 0. The second-order valence-electron chi connectivity index (χ2n) is 4.20. The lowest BCUT2D eigenvalue weighted by molar-refractivity contribution is -0.116. The van der Waals surface area contributed by atoms with Crippen LogP contribution in [0.2, 0.25) is 0 Å². The number of rotatable bonds is 5. The fraction of sp³-hybridized carbons (Fsp3) is 0.143. The van der Waals surface area contributed by atoms with E-state index in [0.717, 1.165) is 5.76 Å². The van der Waals surface area contributed by atoms with Crippen molar-refractivity contribution >= 4 is 23.3 Å². The van der Waals surface area contributed by atoms with Gasteiger partial charge in [-0.2, -0.15) is 0 Å². The smallest absolute Gasteiger partial charge is 0.316 e. The Hall–Kier alpha value is -2.76. The van der Waals surface area contributed by atoms with Crippen LogP contribution in [0.1, 0.15) is 12.2 Å². The molecule has 0 aliphatic carbocycles. The number of urea groups is 1. The molecule has 0 atom stereocenters. The average Bonchev–Trinajstić information content (AvgIpc) is 2.89. The maximum Gasteiger partial charge on any atom is 0.316 e. The van der Waals surface area contributed by atoms with Gasteiger partial charge in [0.25, 0.3) is 0 Å². The maximum absolute atomic E-state index is 11.8. The van der Waals surface area contributed by atoms with Crippen LogP contribution in [0.25, 0.3) is 0 Å². The molecule has 2 rings (SSSR count). The standard InChI is InChI=1S/C14H15N3O3/c15-14(19)17-11-4-1-3-10(9-11)16-13(18)7-6-12-5-2-8-20-12/h1-5,8-9H,6-7H2,(H,16,18)(H3,15,17,19). The highest BCUT2D eigenvalue weighted by molar-refractivity contribution is 5.93. The molecule has 0 saturated carbocycles. The summed E-state index contributed by atoms with van der Waals surface area (Å²) < 4.78 is 5.16. The first-order valence-corrected chi connectivity index (χ1v) is 6.12. The number of primary amides is 1. The van der Waals surface area contributed by atoms with Gasteiger partial charge in [0.2, 0.25) is 5.91 Å². The van der Waals surface area contributed by atoms with Gasteiger partial charge in [0.05, 0.1) is 6.26 Å². The van der Waals surface area contributed by atoms with Gasteiger partial charge in [0.1, 0.15) is 5.76 Å². The van der Waals surface area contributed by atoms with E-state index in [1.807, 2.05) is 6.07 Å². The molecule has 0 spiro atoms. The van der Waals surface area contributed by atoms with Crippen molar-refractivity contribution in [1.29, 1.82) is 0 Å². The SMILES string of the molecule is NC(=O)Nc1cccc(NC(=O)CCc2ccco2)c1. The van der Waals surface area contributed by atoms with Gasteiger partial charge in [-0.3, -0.25) is 4.79 Å². The Labute approximate surface area is 116 Å². The summed E-state index contributed by atoms with van der Waals surface area (Å²) in [6, 6.07) is 9.73. The fourth-order valence-corrected chi connectivity index (χ4v) is 1.73. The number of carbonyl (C=O) groups excluding carboxylic acids is 2. The molecule has 0 radical (unpaired) electrons. The number of hydrogen-bond donors (Lipinski definition) is 3. The average molecular weight is 273 g/mol. The zero-order chi connectivity index (χ0) is 14.4. The second kappa shape index (κ2) is 6.42. The molecule has 0 fully saturated rings. The quantitative estimate of drug-likeness (QED) is 0.779. The maximum atomic E-state index is 11.8. The third-order valence-electron chi connectivity index (χ3n) is 2.59. The Bertz CT molecular complexity index is 593. The highest BCUT2D eigenvalue weighted by Gasteiger charge is 2.05. The Morgan fingerprint density at radius 1 is 1.10 bits per heavy atom. The minimum absolute atomic E-state index is 0.127. The Balaban J connectivity index is 1.88. The highest BCUT2D eigenvalue weighted by atomic mass is 16.3. The number of hydrogen-bond acceptors (Lipinski definition) is 3. The molecule has 104 valence electrons. The van der Waals surface area contributed by atoms with Crippen LogP contribution in [0.15, 0.2) is 47.1 Å². The predicted molar refractivity (Wildman–Crippen MR) is 75.3 cm³/mol. The van der Waals surface area contributed by atoms with Crippen LogP contribution < -0.4 is 16.4 Å². The van der Waals surface area contributed by atoms with E-state index in [1.165, 1.54) is 0 Å². The van der Waals surface area contributed by atoms with E-state index in [9.17, 15) is 9.59 Å². The summed E-state index contributed by atoms with van der Waals surface area (Å²) in [5.74, 6) is 0.641. The van der Waals surface area contributed by atoms with Crippen LogP contribution in [0.5, 0.6) is 0 Å². The predicted octanol–water partition coefficient (Wildman–Crippen LogP) is 2.34. The van der Waals surface area contributed by atoms with Gasteiger partial charge < -0.3 is 20.8 Å². The molecule has 4 N–H and O–H groups in total. The normalized spacial score (nSPS) is 10.0. The highest BCUT2D eigenvalue weighted by Crippen LogP contribution is 2.15. The van der Waals surface area contributed by atoms with Gasteiger partial charge in [-0.1, -0.05) is 6.07 Å². The Morgan fingerprint density at radius 3 is 2.50 bits per heavy atom. The molecule has 3 amide bonds. The molecule has 1 heterocycles. The number of nitrogens with one attached hydrogen (secondary N) is 2. The van der Waals surface area contributed by atoms with Crippen LogP contribution in [0, 0.1) is 0 Å². The first-order valence-electron chi connectivity index (χ1n) is 6.12. The van der Waals surface area contributed by atoms with Crippen molar-refractivity contribution in [2.45, 2.75) is 12.8 Å². The van der Waals surface area contributed by atoms with Crippen molar-refractivity contribution in [3.63, 3.8) is 0 Å². The van der Waals surface area contributed by atoms with Crippen molar-refractivity contribution in [2.75, 3.05) is 10.6 Å². The second-order valence-corrected chi connectivity index (χ2v) is 4.20. The lowest BCUT2D eigenvalue weighted by Gasteiger charge is -2.07. The van der Waals surface area contributed by atoms with Gasteiger partial charge in [0.15, 0.2) is 0 Å². The molecule has 2 aromatic rings. The molecular formula is C14H15N3O3. The van der Waals surface area contributed by atoms with Crippen LogP contribution in [-0.4, -0.2) is 11.9 Å². The number of aryl methyl sites for hydroxylation is 1. The number of carbonyl (C=O) groups is 2. The molecule has 0 bridgehead atoms. The van der Waals surface area contributed by atoms with E-state index < -0.39 is 6.03 Å². The molecule has 1 aromatic heterocycles. The molecule has 20 heavy (non-hydrogen) atoms. The summed E-state index contributed by atoms with van der Waals surface area (Å²) in [5, 5.41) is 5.19. The Morgan fingerprint density at radius 2 is 1.85 bits per heavy atom. The van der Waals surface area contributed by atoms with Crippen LogP contribution in [-0.2, 0) is 11.2 Å². The van der Waals surface area contributed by atoms with Crippen molar-refractivity contribution in [3.8, 4) is 0 Å². The van der Waals surface area contributed by atoms with E-state index in [-0.39, 0.29) is 5.91 Å². The van der Waals surface area contributed by atoms with Gasteiger partial charge in [-0.25, -0.2) is 4.79 Å². The van der Waals surface area contributed by atoms with Gasteiger partial charge in [0, 0.05) is 24.2 Å². The molecule has 0 saturated heterocycles. The van der Waals surface area contributed by atoms with Crippen molar-refractivity contribution in [1.82, 2.24) is 0 Å². The molecule has 6 heteroatoms. The van der Waals surface area contributed by atoms with Crippen LogP contribution in [0.4, 0.5) is 16.2 Å². The largest absolute Gasteiger partial charge is 0.469 e. The topological polar surface area (TPSA) is 97.4 Å². The lowest BCUT2D eigenvalue weighted by atomic mass is 10.2. The number of anilines is 2. The summed E-state index contributed by atoms with van der Waals surface area (Å²) in [7, 11) is 0. The minimum atomic E-state index is -0.647. The minimum Gasteiger partial charge on any atom is -0.469 e. The van der Waals surface area contributed by atoms with E-state index in [2.05, 4.69) is 10.6 Å². The van der Waals surface area contributed by atoms with E-state index in [1.54, 1.807) is 36.6 Å². The molecule has 6 nitrogen and oxygen atoms in total. The third kappa shape index (κ3) is 4.16. The number of amides is 3. The zero-order valence-electron chi connectivity index (χ0n) is 10.8. The summed E-state index contributed by atoms with van der Waals surface area (Å²) in [6.45, 7) is 0. The molecular weight excluding hydrogens is 258 g/mol. The summed E-state index contributed by atoms with van der Waals surface area (Å²) in [4.78, 5) is 22.5. The monoisotopic (exact) mass is 273 g/mol. The van der Waals surface area contributed by atoms with E-state index in [0.29, 0.717) is 24.2 Å². The third-order valence-corrected chi connectivity index (χ3v) is 2.59. The lowest BCUT2D eigenvalue weighted by Crippen LogP contribution is -2.19. The number of nitrogens with two attached hydrogens (primary N) is 1. The fourth-order valence-electron chi connectivity index (χ4n) is 1.73. The summed E-state index contributed by atoms with van der Waals surface area (Å²) in [5.41, 5.74) is 6.16. The first-order chi connectivity index (χ1) is 9.63. The van der Waals surface area contributed by atoms with Crippen molar-refractivity contribution < 1.29 is 14.0 Å². The molecule has 0 unspecified atom stereocenters. The van der Waals surface area contributed by atoms with Gasteiger partial charge in [-0.05, 0) is 30.3 Å². The first kappa shape index (κ1) is 13.7.